The van der Waals surface area contributed by atoms with Gasteiger partial charge in [0.15, 0.2) is 5.82 Å². The Labute approximate surface area is 78.7 Å². The molecule has 4 nitrogen and oxygen atoms in total. The van der Waals surface area contributed by atoms with Crippen LogP contribution in [0.2, 0.25) is 0 Å². The number of hydrogen-bond acceptors (Lipinski definition) is 3. The third kappa shape index (κ3) is 3.85. The molecular formula is C9H16N4. The first kappa shape index (κ1) is 9.92. The van der Waals surface area contributed by atoms with Crippen molar-refractivity contribution >= 4 is 0 Å². The maximum Gasteiger partial charge on any atom is 0.151 e. The summed E-state index contributed by atoms with van der Waals surface area (Å²) in [6.45, 7) is 7.58. The van der Waals surface area contributed by atoms with E-state index in [1.165, 1.54) is 0 Å². The fraction of sp³-hybridized carbons (Fsp3) is 0.556. The predicted molar refractivity (Wildman–Crippen MR) is 52.4 cm³/mol. The molecule has 0 aliphatic heterocycles. The maximum atomic E-state index is 4.17. The number of nitrogens with zero attached hydrogens (tertiary/aromatic N) is 3. The molecule has 0 fully saturated rings. The van der Waals surface area contributed by atoms with E-state index < -0.39 is 0 Å². The first-order chi connectivity index (χ1) is 6.18. The molecule has 1 rings (SSSR count). The van der Waals surface area contributed by atoms with Crippen molar-refractivity contribution in [1.29, 1.82) is 0 Å². The van der Waals surface area contributed by atoms with Gasteiger partial charge < -0.3 is 5.32 Å². The van der Waals surface area contributed by atoms with E-state index in [1.54, 1.807) is 11.0 Å². The van der Waals surface area contributed by atoms with Gasteiger partial charge in [-0.15, -0.1) is 0 Å². The molecule has 0 spiro atoms. The van der Waals surface area contributed by atoms with Crippen LogP contribution < -0.4 is 5.32 Å². The van der Waals surface area contributed by atoms with Crippen molar-refractivity contribution in [3.63, 3.8) is 0 Å². The first-order valence-corrected chi connectivity index (χ1v) is 4.38. The minimum Gasteiger partial charge on any atom is -0.313 e. The monoisotopic (exact) mass is 180 g/mol. The van der Waals surface area contributed by atoms with E-state index in [9.17, 15) is 0 Å². The topological polar surface area (TPSA) is 42.7 Å². The van der Waals surface area contributed by atoms with E-state index >= 15 is 0 Å². The van der Waals surface area contributed by atoms with Gasteiger partial charge in [0.25, 0.3) is 0 Å². The second-order valence-electron chi connectivity index (χ2n) is 3.22. The van der Waals surface area contributed by atoms with Crippen LogP contribution in [0.3, 0.4) is 0 Å². The normalized spacial score (nSPS) is 10.3. The molecule has 0 unspecified atom stereocenters. The van der Waals surface area contributed by atoms with Gasteiger partial charge in [0.05, 0.1) is 0 Å². The van der Waals surface area contributed by atoms with E-state index in [2.05, 4.69) is 22.0 Å². The van der Waals surface area contributed by atoms with E-state index in [0.717, 1.165) is 30.9 Å². The molecule has 72 valence electrons. The van der Waals surface area contributed by atoms with Crippen molar-refractivity contribution in [2.75, 3.05) is 13.1 Å². The van der Waals surface area contributed by atoms with Gasteiger partial charge in [0, 0.05) is 26.6 Å². The Morgan fingerprint density at radius 1 is 1.69 bits per heavy atom. The number of rotatable bonds is 5. The Kier molecular flexibility index (Phi) is 3.64. The van der Waals surface area contributed by atoms with Crippen LogP contribution in [0, 0.1) is 0 Å². The molecule has 1 aromatic heterocycles. The fourth-order valence-electron chi connectivity index (χ4n) is 1.00. The van der Waals surface area contributed by atoms with Gasteiger partial charge in [-0.2, -0.15) is 5.10 Å². The molecule has 0 amide bonds. The lowest BCUT2D eigenvalue weighted by molar-refractivity contribution is 0.688. The highest BCUT2D eigenvalue weighted by Crippen LogP contribution is 1.88. The molecule has 0 saturated carbocycles. The van der Waals surface area contributed by atoms with Crippen molar-refractivity contribution in [1.82, 2.24) is 20.1 Å². The molecule has 13 heavy (non-hydrogen) atoms. The summed E-state index contributed by atoms with van der Waals surface area (Å²) in [5.41, 5.74) is 1.15. The van der Waals surface area contributed by atoms with Crippen LogP contribution in [0.25, 0.3) is 0 Å². The van der Waals surface area contributed by atoms with Crippen LogP contribution in [0.5, 0.6) is 0 Å². The number of nitrogens with one attached hydrogen (secondary N) is 1. The Bertz CT molecular complexity index is 277. The zero-order valence-corrected chi connectivity index (χ0v) is 8.25. The average molecular weight is 180 g/mol. The smallest absolute Gasteiger partial charge is 0.151 e. The molecule has 0 radical (unpaired) electrons. The van der Waals surface area contributed by atoms with Crippen LogP contribution >= 0.6 is 0 Å². The maximum absolute atomic E-state index is 4.17. The Hall–Kier alpha value is -1.16. The van der Waals surface area contributed by atoms with Crippen LogP contribution in [-0.2, 0) is 13.5 Å². The summed E-state index contributed by atoms with van der Waals surface area (Å²) in [5.74, 6) is 0.886. The van der Waals surface area contributed by atoms with Gasteiger partial charge in [0.2, 0.25) is 0 Å². The number of aryl methyl sites for hydroxylation is 1. The van der Waals surface area contributed by atoms with Gasteiger partial charge in [-0.1, -0.05) is 12.2 Å². The Morgan fingerprint density at radius 3 is 3.00 bits per heavy atom. The highest BCUT2D eigenvalue weighted by atomic mass is 15.3. The molecule has 0 bridgehead atoms. The second kappa shape index (κ2) is 4.77. The summed E-state index contributed by atoms with van der Waals surface area (Å²) >= 11 is 0. The quantitative estimate of drug-likeness (QED) is 0.530. The van der Waals surface area contributed by atoms with Gasteiger partial charge in [-0.05, 0) is 6.92 Å². The van der Waals surface area contributed by atoms with Gasteiger partial charge in [0.1, 0.15) is 6.33 Å². The van der Waals surface area contributed by atoms with Crippen LogP contribution in [-0.4, -0.2) is 27.9 Å². The van der Waals surface area contributed by atoms with E-state index in [1.807, 2.05) is 14.0 Å². The molecule has 0 aliphatic carbocycles. The van der Waals surface area contributed by atoms with Crippen molar-refractivity contribution in [2.24, 2.45) is 7.05 Å². The van der Waals surface area contributed by atoms with Gasteiger partial charge >= 0.3 is 0 Å². The third-order valence-corrected chi connectivity index (χ3v) is 1.60. The van der Waals surface area contributed by atoms with Crippen molar-refractivity contribution in [2.45, 2.75) is 13.3 Å². The minimum atomic E-state index is 0.868. The molecule has 0 atom stereocenters. The zero-order chi connectivity index (χ0) is 9.68. The summed E-state index contributed by atoms with van der Waals surface area (Å²) in [4.78, 5) is 4.12. The molecule has 1 heterocycles. The van der Waals surface area contributed by atoms with Gasteiger partial charge in [-0.3, -0.25) is 4.68 Å². The minimum absolute atomic E-state index is 0.868. The highest BCUT2D eigenvalue weighted by Gasteiger charge is 1.97. The Balaban J connectivity index is 2.16. The lowest BCUT2D eigenvalue weighted by Crippen LogP contribution is -2.19. The van der Waals surface area contributed by atoms with E-state index in [4.69, 9.17) is 0 Å². The SMILES string of the molecule is C=C(C)CNCCc1ncn(C)n1. The second-order valence-corrected chi connectivity index (χ2v) is 3.22. The molecule has 0 saturated heterocycles. The fourth-order valence-corrected chi connectivity index (χ4v) is 1.00. The van der Waals surface area contributed by atoms with E-state index in [-0.39, 0.29) is 0 Å². The number of hydrogen-bond donors (Lipinski definition) is 1. The molecule has 4 heteroatoms. The molecule has 1 N–H and O–H groups in total. The summed E-state index contributed by atoms with van der Waals surface area (Å²) in [7, 11) is 1.87. The van der Waals surface area contributed by atoms with Crippen LogP contribution in [0.4, 0.5) is 0 Å². The van der Waals surface area contributed by atoms with Crippen molar-refractivity contribution in [3.05, 3.63) is 24.3 Å². The zero-order valence-electron chi connectivity index (χ0n) is 8.25. The summed E-state index contributed by atoms with van der Waals surface area (Å²) in [6.07, 6.45) is 2.59. The lowest BCUT2D eigenvalue weighted by Gasteiger charge is -2.00. The molecule has 0 aromatic carbocycles. The van der Waals surface area contributed by atoms with Gasteiger partial charge in [-0.25, -0.2) is 4.98 Å². The molecular weight excluding hydrogens is 164 g/mol. The Morgan fingerprint density at radius 2 is 2.46 bits per heavy atom. The molecule has 1 aromatic rings. The lowest BCUT2D eigenvalue weighted by atomic mass is 10.3. The van der Waals surface area contributed by atoms with E-state index in [0.29, 0.717) is 0 Å². The highest BCUT2D eigenvalue weighted by molar-refractivity contribution is 4.91. The third-order valence-electron chi connectivity index (χ3n) is 1.60. The van der Waals surface area contributed by atoms with Crippen molar-refractivity contribution < 1.29 is 0 Å². The van der Waals surface area contributed by atoms with Crippen LogP contribution in [0.1, 0.15) is 12.7 Å². The summed E-state index contributed by atoms with van der Waals surface area (Å²) in [6, 6.07) is 0. The molecule has 0 aliphatic rings. The average Bonchev–Trinajstić information content (AvgIpc) is 2.45. The summed E-state index contributed by atoms with van der Waals surface area (Å²) in [5, 5.41) is 7.42. The van der Waals surface area contributed by atoms with Crippen molar-refractivity contribution in [3.8, 4) is 0 Å². The largest absolute Gasteiger partial charge is 0.313 e. The first-order valence-electron chi connectivity index (χ1n) is 4.38. The summed E-state index contributed by atoms with van der Waals surface area (Å²) < 4.78 is 1.72. The standard InChI is InChI=1S/C9H16N4/c1-8(2)6-10-5-4-9-11-7-13(3)12-9/h7,10H,1,4-6H2,2-3H3. The van der Waals surface area contributed by atoms with Crippen LogP contribution in [0.15, 0.2) is 18.5 Å². The predicted octanol–water partition coefficient (Wildman–Crippen LogP) is 0.523. The number of aromatic nitrogens is 3.